The second-order valence-electron chi connectivity index (χ2n) is 4.66. The van der Waals surface area contributed by atoms with Gasteiger partial charge in [0.05, 0.1) is 0 Å². The summed E-state index contributed by atoms with van der Waals surface area (Å²) in [5.41, 5.74) is 0. The van der Waals surface area contributed by atoms with E-state index in [0.717, 1.165) is 0 Å². The van der Waals surface area contributed by atoms with E-state index in [1.165, 1.54) is 4.90 Å². The molecule has 0 bridgehead atoms. The molecule has 6 heteroatoms. The highest BCUT2D eigenvalue weighted by molar-refractivity contribution is 6.03. The lowest BCUT2D eigenvalue weighted by Gasteiger charge is -2.15. The molecule has 1 aliphatic heterocycles. The zero-order valence-corrected chi connectivity index (χ0v) is 10.8. The number of imide groups is 1. The average molecular weight is 256 g/mol. The number of rotatable bonds is 7. The van der Waals surface area contributed by atoms with Gasteiger partial charge in [-0.15, -0.1) is 0 Å². The van der Waals surface area contributed by atoms with Crippen LogP contribution in [0.2, 0.25) is 0 Å². The van der Waals surface area contributed by atoms with Gasteiger partial charge >= 0.3 is 5.97 Å². The van der Waals surface area contributed by atoms with E-state index in [1.807, 2.05) is 0 Å². The minimum atomic E-state index is -0.876. The summed E-state index contributed by atoms with van der Waals surface area (Å²) in [6.45, 7) is 2.15. The number of carbonyl (C=O) groups is 3. The molecule has 0 aliphatic carbocycles. The van der Waals surface area contributed by atoms with Gasteiger partial charge in [0.15, 0.2) is 0 Å². The third kappa shape index (κ3) is 3.53. The highest BCUT2D eigenvalue weighted by Gasteiger charge is 2.34. The molecular weight excluding hydrogens is 236 g/mol. The minimum absolute atomic E-state index is 0.108. The molecule has 2 N–H and O–H groups in total. The summed E-state index contributed by atoms with van der Waals surface area (Å²) in [7, 11) is 1.61. The van der Waals surface area contributed by atoms with Crippen LogP contribution >= 0.6 is 0 Å². The number of likely N-dealkylation sites (N-methyl/N-ethyl adjacent to an activating group) is 1. The first-order valence-electron chi connectivity index (χ1n) is 6.21. The van der Waals surface area contributed by atoms with E-state index < -0.39 is 12.0 Å². The number of amides is 2. The molecule has 0 aromatic rings. The summed E-state index contributed by atoms with van der Waals surface area (Å²) in [5, 5.41) is 11.5. The van der Waals surface area contributed by atoms with Gasteiger partial charge < -0.3 is 10.4 Å². The van der Waals surface area contributed by atoms with E-state index in [1.54, 1.807) is 14.0 Å². The molecular formula is C12H20N2O4. The van der Waals surface area contributed by atoms with E-state index in [9.17, 15) is 14.4 Å². The van der Waals surface area contributed by atoms with Gasteiger partial charge in [-0.3, -0.25) is 19.3 Å². The summed E-state index contributed by atoms with van der Waals surface area (Å²) >= 11 is 0. The first kappa shape index (κ1) is 14.6. The molecule has 18 heavy (non-hydrogen) atoms. The van der Waals surface area contributed by atoms with Crippen LogP contribution in [-0.4, -0.2) is 47.4 Å². The Morgan fingerprint density at radius 2 is 2.17 bits per heavy atom. The molecule has 6 nitrogen and oxygen atoms in total. The molecule has 0 aromatic heterocycles. The second-order valence-corrected chi connectivity index (χ2v) is 4.66. The maximum atomic E-state index is 11.6. The lowest BCUT2D eigenvalue weighted by molar-refractivity contribution is -0.141. The third-order valence-corrected chi connectivity index (χ3v) is 3.24. The lowest BCUT2D eigenvalue weighted by atomic mass is 10.1. The predicted octanol–water partition coefficient (Wildman–Crippen LogP) is 0.224. The topological polar surface area (TPSA) is 86.7 Å². The van der Waals surface area contributed by atoms with E-state index in [-0.39, 0.29) is 17.7 Å². The Kier molecular flexibility index (Phi) is 5.27. The van der Waals surface area contributed by atoms with Crippen LogP contribution in [0, 0.1) is 5.92 Å². The number of carboxylic acids is 1. The Labute approximate surface area is 106 Å². The second kappa shape index (κ2) is 6.49. The van der Waals surface area contributed by atoms with Crippen molar-refractivity contribution in [2.75, 3.05) is 13.6 Å². The quantitative estimate of drug-likeness (QED) is 0.503. The zero-order valence-electron chi connectivity index (χ0n) is 10.8. The molecule has 0 aromatic carbocycles. The van der Waals surface area contributed by atoms with Crippen LogP contribution in [0.5, 0.6) is 0 Å². The lowest BCUT2D eigenvalue weighted by Crippen LogP contribution is -2.34. The molecule has 2 amide bonds. The molecule has 1 rings (SSSR count). The number of aliphatic carboxylic acids is 1. The van der Waals surface area contributed by atoms with Crippen LogP contribution in [0.4, 0.5) is 0 Å². The van der Waals surface area contributed by atoms with Crippen molar-refractivity contribution in [3.05, 3.63) is 0 Å². The number of unbranched alkanes of at least 4 members (excludes halogenated alkanes) is 1. The number of nitrogens with zero attached hydrogens (tertiary/aromatic N) is 1. The fraction of sp³-hybridized carbons (Fsp3) is 0.750. The first-order chi connectivity index (χ1) is 8.47. The van der Waals surface area contributed by atoms with Crippen molar-refractivity contribution in [3.63, 3.8) is 0 Å². The molecule has 2 atom stereocenters. The average Bonchev–Trinajstić information content (AvgIpc) is 2.54. The number of carboxylic acid groups (broad SMARTS) is 1. The highest BCUT2D eigenvalue weighted by atomic mass is 16.4. The zero-order chi connectivity index (χ0) is 13.7. The highest BCUT2D eigenvalue weighted by Crippen LogP contribution is 2.19. The number of nitrogens with one attached hydrogen (secondary N) is 1. The molecule has 0 radical (unpaired) electrons. The monoisotopic (exact) mass is 256 g/mol. The summed E-state index contributed by atoms with van der Waals surface area (Å²) in [6, 6.07) is -0.561. The number of hydrogen-bond donors (Lipinski definition) is 2. The smallest absolute Gasteiger partial charge is 0.320 e. The maximum Gasteiger partial charge on any atom is 0.320 e. The number of likely N-dealkylation sites (tertiary alicyclic amines) is 1. The Hall–Kier alpha value is -1.43. The molecule has 102 valence electrons. The summed E-state index contributed by atoms with van der Waals surface area (Å²) < 4.78 is 0. The molecule has 1 heterocycles. The van der Waals surface area contributed by atoms with Crippen LogP contribution < -0.4 is 5.32 Å². The van der Waals surface area contributed by atoms with E-state index in [2.05, 4.69) is 5.32 Å². The maximum absolute atomic E-state index is 11.6. The van der Waals surface area contributed by atoms with Crippen LogP contribution in [-0.2, 0) is 14.4 Å². The molecule has 1 fully saturated rings. The molecule has 1 unspecified atom stereocenters. The van der Waals surface area contributed by atoms with Crippen molar-refractivity contribution in [3.8, 4) is 0 Å². The summed E-state index contributed by atoms with van der Waals surface area (Å²) in [6.07, 6.45) is 2.11. The van der Waals surface area contributed by atoms with Crippen LogP contribution in [0.25, 0.3) is 0 Å². The third-order valence-electron chi connectivity index (χ3n) is 3.24. The van der Waals surface area contributed by atoms with Gasteiger partial charge in [-0.05, 0) is 26.3 Å². The molecule has 1 aliphatic rings. The van der Waals surface area contributed by atoms with Gasteiger partial charge in [-0.1, -0.05) is 6.92 Å². The fourth-order valence-electron chi connectivity index (χ4n) is 2.09. The van der Waals surface area contributed by atoms with Crippen molar-refractivity contribution in [1.82, 2.24) is 10.2 Å². The van der Waals surface area contributed by atoms with Crippen LogP contribution in [0.15, 0.2) is 0 Å². The molecule has 0 saturated carbocycles. The molecule has 0 spiro atoms. The SMILES string of the molecule is CN[C@@H](CCCCN1C(=O)CC(C)C1=O)C(=O)O. The predicted molar refractivity (Wildman–Crippen MR) is 64.8 cm³/mol. The minimum Gasteiger partial charge on any atom is -0.480 e. The standard InChI is InChI=1S/C12H20N2O4/c1-8-7-10(15)14(11(8)16)6-4-3-5-9(13-2)12(17)18/h8-9,13H,3-7H2,1-2H3,(H,17,18)/t8?,9-/m0/s1. The normalized spacial score (nSPS) is 21.4. The molecule has 1 saturated heterocycles. The number of hydrogen-bond acceptors (Lipinski definition) is 4. The van der Waals surface area contributed by atoms with Gasteiger partial charge in [0.2, 0.25) is 11.8 Å². The Bertz CT molecular complexity index is 343. The van der Waals surface area contributed by atoms with Gasteiger partial charge in [0, 0.05) is 18.9 Å². The van der Waals surface area contributed by atoms with Crippen LogP contribution in [0.1, 0.15) is 32.6 Å². The largest absolute Gasteiger partial charge is 0.480 e. The Balaban J connectivity index is 2.28. The van der Waals surface area contributed by atoms with Crippen molar-refractivity contribution < 1.29 is 19.5 Å². The van der Waals surface area contributed by atoms with Gasteiger partial charge in [0.1, 0.15) is 6.04 Å². The Morgan fingerprint density at radius 3 is 2.61 bits per heavy atom. The summed E-state index contributed by atoms with van der Waals surface area (Å²) in [5.74, 6) is -1.31. The fourth-order valence-corrected chi connectivity index (χ4v) is 2.09. The van der Waals surface area contributed by atoms with E-state index in [0.29, 0.717) is 32.2 Å². The van der Waals surface area contributed by atoms with E-state index >= 15 is 0 Å². The van der Waals surface area contributed by atoms with Crippen molar-refractivity contribution in [1.29, 1.82) is 0 Å². The van der Waals surface area contributed by atoms with Gasteiger partial charge in [-0.25, -0.2) is 0 Å². The first-order valence-corrected chi connectivity index (χ1v) is 6.21. The van der Waals surface area contributed by atoms with Gasteiger partial charge in [-0.2, -0.15) is 0 Å². The van der Waals surface area contributed by atoms with Crippen molar-refractivity contribution in [2.24, 2.45) is 5.92 Å². The van der Waals surface area contributed by atoms with Crippen molar-refractivity contribution in [2.45, 2.75) is 38.6 Å². The van der Waals surface area contributed by atoms with Gasteiger partial charge in [0.25, 0.3) is 0 Å². The van der Waals surface area contributed by atoms with Crippen LogP contribution in [0.3, 0.4) is 0 Å². The van der Waals surface area contributed by atoms with E-state index in [4.69, 9.17) is 5.11 Å². The summed E-state index contributed by atoms with van der Waals surface area (Å²) in [4.78, 5) is 35.1. The van der Waals surface area contributed by atoms with Crippen molar-refractivity contribution >= 4 is 17.8 Å². The number of carbonyl (C=O) groups excluding carboxylic acids is 2. The Morgan fingerprint density at radius 1 is 1.50 bits per heavy atom.